The highest BCUT2D eigenvalue weighted by Crippen LogP contribution is 2.47. The van der Waals surface area contributed by atoms with Gasteiger partial charge in [-0.15, -0.1) is 0 Å². The number of amides is 1. The first-order valence-corrected chi connectivity index (χ1v) is 6.71. The van der Waals surface area contributed by atoms with Crippen LogP contribution in [0.5, 0.6) is 0 Å². The van der Waals surface area contributed by atoms with Gasteiger partial charge in [-0.05, 0) is 18.8 Å². The van der Waals surface area contributed by atoms with E-state index in [4.69, 9.17) is 22.7 Å². The Balaban J connectivity index is 2.16. The van der Waals surface area contributed by atoms with Gasteiger partial charge in [0.2, 0.25) is 5.91 Å². The summed E-state index contributed by atoms with van der Waals surface area (Å²) < 4.78 is 5.28. The Morgan fingerprint density at radius 1 is 1.61 bits per heavy atom. The first-order chi connectivity index (χ1) is 8.51. The number of thiocarbonyl (C=S) groups is 1. The first-order valence-electron chi connectivity index (χ1n) is 6.31. The third-order valence-electron chi connectivity index (χ3n) is 3.97. The van der Waals surface area contributed by atoms with E-state index in [9.17, 15) is 9.90 Å². The minimum atomic E-state index is -0.681. The molecule has 0 aromatic heterocycles. The molecule has 1 aliphatic heterocycles. The molecule has 1 saturated carbocycles. The fraction of sp³-hybridized carbons (Fsp3) is 0.833. The zero-order chi connectivity index (χ0) is 13.3. The number of aliphatic hydroxyl groups is 1. The van der Waals surface area contributed by atoms with Crippen LogP contribution in [0.3, 0.4) is 0 Å². The van der Waals surface area contributed by atoms with Crippen LogP contribution in [0.15, 0.2) is 0 Å². The molecule has 0 bridgehead atoms. The highest BCUT2D eigenvalue weighted by atomic mass is 32.1. The highest BCUT2D eigenvalue weighted by Gasteiger charge is 2.53. The molecule has 6 heteroatoms. The summed E-state index contributed by atoms with van der Waals surface area (Å²) in [7, 11) is 0. The zero-order valence-electron chi connectivity index (χ0n) is 10.6. The standard InChI is InChI=1S/C12H20N2O3S/c1-8-4-12(5-8,10(13)18)11(16)14-2-3-17-7-9(14)6-15/h8-9,15H,2-7H2,1H3,(H2,13,18). The van der Waals surface area contributed by atoms with Crippen LogP contribution in [0.25, 0.3) is 0 Å². The predicted molar refractivity (Wildman–Crippen MR) is 71.0 cm³/mol. The third-order valence-corrected chi connectivity index (χ3v) is 4.36. The van der Waals surface area contributed by atoms with E-state index in [2.05, 4.69) is 6.92 Å². The normalized spacial score (nSPS) is 36.0. The summed E-state index contributed by atoms with van der Waals surface area (Å²) in [6, 6.07) is -0.270. The van der Waals surface area contributed by atoms with Gasteiger partial charge < -0.3 is 20.5 Å². The molecule has 2 rings (SSSR count). The molecule has 0 radical (unpaired) electrons. The van der Waals surface area contributed by atoms with Gasteiger partial charge in [-0.1, -0.05) is 19.1 Å². The van der Waals surface area contributed by atoms with Gasteiger partial charge in [-0.25, -0.2) is 0 Å². The second-order valence-electron chi connectivity index (χ2n) is 5.37. The van der Waals surface area contributed by atoms with Crippen molar-refractivity contribution in [1.29, 1.82) is 0 Å². The smallest absolute Gasteiger partial charge is 0.236 e. The van der Waals surface area contributed by atoms with E-state index in [0.29, 0.717) is 25.7 Å². The second-order valence-corrected chi connectivity index (χ2v) is 5.81. The number of carbonyl (C=O) groups excluding carboxylic acids is 1. The zero-order valence-corrected chi connectivity index (χ0v) is 11.4. The van der Waals surface area contributed by atoms with E-state index in [0.717, 1.165) is 12.8 Å². The van der Waals surface area contributed by atoms with Gasteiger partial charge in [0, 0.05) is 6.54 Å². The number of hydrogen-bond donors (Lipinski definition) is 2. The maximum atomic E-state index is 12.7. The van der Waals surface area contributed by atoms with Gasteiger partial charge in [0.15, 0.2) is 0 Å². The van der Waals surface area contributed by atoms with Crippen molar-refractivity contribution in [1.82, 2.24) is 4.90 Å². The number of carbonyl (C=O) groups is 1. The van der Waals surface area contributed by atoms with Crippen LogP contribution in [0.1, 0.15) is 19.8 Å². The molecule has 0 spiro atoms. The molecule has 1 aliphatic carbocycles. The van der Waals surface area contributed by atoms with Gasteiger partial charge in [0.05, 0.1) is 36.3 Å². The Bertz CT molecular complexity index is 355. The van der Waals surface area contributed by atoms with Gasteiger partial charge in [0.25, 0.3) is 0 Å². The summed E-state index contributed by atoms with van der Waals surface area (Å²) >= 11 is 5.09. The van der Waals surface area contributed by atoms with Crippen LogP contribution in [-0.2, 0) is 9.53 Å². The lowest BCUT2D eigenvalue weighted by molar-refractivity contribution is -0.154. The molecule has 1 saturated heterocycles. The average molecular weight is 272 g/mol. The molecule has 2 fully saturated rings. The van der Waals surface area contributed by atoms with Crippen LogP contribution in [0, 0.1) is 11.3 Å². The number of aliphatic hydroxyl groups excluding tert-OH is 1. The maximum Gasteiger partial charge on any atom is 0.236 e. The number of rotatable bonds is 3. The van der Waals surface area contributed by atoms with Crippen molar-refractivity contribution in [3.8, 4) is 0 Å². The van der Waals surface area contributed by atoms with Crippen LogP contribution in [-0.4, -0.2) is 53.3 Å². The summed E-state index contributed by atoms with van der Waals surface area (Å²) in [4.78, 5) is 14.6. The quantitative estimate of drug-likeness (QED) is 0.702. The molecule has 1 amide bonds. The number of ether oxygens (including phenoxy) is 1. The van der Waals surface area contributed by atoms with Crippen molar-refractivity contribution in [2.45, 2.75) is 25.8 Å². The van der Waals surface area contributed by atoms with E-state index in [1.807, 2.05) is 0 Å². The summed E-state index contributed by atoms with van der Waals surface area (Å²) in [6.07, 6.45) is 1.44. The van der Waals surface area contributed by atoms with Crippen LogP contribution in [0.4, 0.5) is 0 Å². The molecular formula is C12H20N2O3S. The molecule has 1 heterocycles. The number of nitrogens with zero attached hydrogens (tertiary/aromatic N) is 1. The van der Waals surface area contributed by atoms with Crippen LogP contribution < -0.4 is 5.73 Å². The van der Waals surface area contributed by atoms with E-state index in [1.54, 1.807) is 4.90 Å². The highest BCUT2D eigenvalue weighted by molar-refractivity contribution is 7.80. The van der Waals surface area contributed by atoms with Crippen molar-refractivity contribution in [3.63, 3.8) is 0 Å². The minimum Gasteiger partial charge on any atom is -0.394 e. The lowest BCUT2D eigenvalue weighted by Crippen LogP contribution is -2.61. The Morgan fingerprint density at radius 3 is 2.78 bits per heavy atom. The van der Waals surface area contributed by atoms with Crippen molar-refractivity contribution in [3.05, 3.63) is 0 Å². The molecule has 102 valence electrons. The molecule has 2 aliphatic rings. The van der Waals surface area contributed by atoms with Crippen molar-refractivity contribution in [2.75, 3.05) is 26.4 Å². The van der Waals surface area contributed by atoms with E-state index < -0.39 is 5.41 Å². The van der Waals surface area contributed by atoms with E-state index in [-0.39, 0.29) is 23.5 Å². The van der Waals surface area contributed by atoms with Crippen LogP contribution >= 0.6 is 12.2 Å². The number of morpholine rings is 1. The molecule has 0 aromatic rings. The lowest BCUT2D eigenvalue weighted by atomic mass is 9.61. The van der Waals surface area contributed by atoms with Crippen molar-refractivity contribution >= 4 is 23.1 Å². The molecule has 1 atom stereocenters. The third kappa shape index (κ3) is 2.13. The topological polar surface area (TPSA) is 75.8 Å². The maximum absolute atomic E-state index is 12.7. The van der Waals surface area contributed by atoms with Gasteiger partial charge in [-0.3, -0.25) is 4.79 Å². The Hall–Kier alpha value is -0.720. The van der Waals surface area contributed by atoms with Crippen molar-refractivity contribution < 1.29 is 14.6 Å². The second kappa shape index (κ2) is 5.11. The fourth-order valence-electron chi connectivity index (χ4n) is 2.96. The Kier molecular flexibility index (Phi) is 3.89. The SMILES string of the molecule is CC1CC(C(=O)N2CCOCC2CO)(C(N)=S)C1. The summed E-state index contributed by atoms with van der Waals surface area (Å²) in [5, 5.41) is 9.32. The molecular weight excluding hydrogens is 252 g/mol. The molecule has 5 nitrogen and oxygen atoms in total. The van der Waals surface area contributed by atoms with Gasteiger partial charge in [-0.2, -0.15) is 0 Å². The summed E-state index contributed by atoms with van der Waals surface area (Å²) in [6.45, 7) is 3.39. The van der Waals surface area contributed by atoms with Gasteiger partial charge >= 0.3 is 0 Å². The molecule has 3 N–H and O–H groups in total. The monoisotopic (exact) mass is 272 g/mol. The first kappa shape index (κ1) is 13.7. The Morgan fingerprint density at radius 2 is 2.28 bits per heavy atom. The lowest BCUT2D eigenvalue weighted by Gasteiger charge is -2.48. The number of nitrogens with two attached hydrogens (primary N) is 1. The van der Waals surface area contributed by atoms with E-state index >= 15 is 0 Å². The fourth-order valence-corrected chi connectivity index (χ4v) is 3.21. The number of hydrogen-bond acceptors (Lipinski definition) is 4. The summed E-state index contributed by atoms with van der Waals surface area (Å²) in [5.74, 6) is 0.444. The average Bonchev–Trinajstić information content (AvgIpc) is 2.33. The molecule has 1 unspecified atom stereocenters. The van der Waals surface area contributed by atoms with Gasteiger partial charge in [0.1, 0.15) is 0 Å². The minimum absolute atomic E-state index is 0.0320. The predicted octanol–water partition coefficient (Wildman–Crippen LogP) is -0.0915. The van der Waals surface area contributed by atoms with Crippen molar-refractivity contribution in [2.24, 2.45) is 17.1 Å². The largest absolute Gasteiger partial charge is 0.394 e. The van der Waals surface area contributed by atoms with E-state index in [1.165, 1.54) is 0 Å². The van der Waals surface area contributed by atoms with Crippen LogP contribution in [0.2, 0.25) is 0 Å². The Labute approximate surface area is 112 Å². The molecule has 0 aromatic carbocycles. The molecule has 18 heavy (non-hydrogen) atoms. The summed E-state index contributed by atoms with van der Waals surface area (Å²) in [5.41, 5.74) is 5.10.